The van der Waals surface area contributed by atoms with Gasteiger partial charge in [-0.3, -0.25) is 4.79 Å². The van der Waals surface area contributed by atoms with Gasteiger partial charge >= 0.3 is 0 Å². The Morgan fingerprint density at radius 3 is 2.57 bits per heavy atom. The van der Waals surface area contributed by atoms with Crippen molar-refractivity contribution < 1.29 is 19.0 Å². The summed E-state index contributed by atoms with van der Waals surface area (Å²) in [6.45, 7) is 0. The zero-order chi connectivity index (χ0) is 19.9. The molecule has 0 atom stereocenters. The molecule has 0 spiro atoms. The summed E-state index contributed by atoms with van der Waals surface area (Å²) in [5.74, 6) is 2.02. The van der Waals surface area contributed by atoms with Crippen LogP contribution < -0.4 is 19.5 Å². The number of anilines is 2. The van der Waals surface area contributed by atoms with Gasteiger partial charge in [0.05, 0.1) is 32.6 Å². The Balaban J connectivity index is 1.63. The number of nitrogens with one attached hydrogen (secondary N) is 1. The Bertz CT molecular complexity index is 962. The summed E-state index contributed by atoms with van der Waals surface area (Å²) < 4.78 is 16.4. The summed E-state index contributed by atoms with van der Waals surface area (Å²) in [5.41, 5.74) is 1.33. The molecule has 0 unspecified atom stereocenters. The summed E-state index contributed by atoms with van der Waals surface area (Å²) >= 11 is 2.71. The van der Waals surface area contributed by atoms with Gasteiger partial charge in [0.2, 0.25) is 5.13 Å². The van der Waals surface area contributed by atoms with Crippen molar-refractivity contribution in [2.45, 2.75) is 4.34 Å². The molecule has 0 amide bonds. The molecule has 0 aliphatic carbocycles. The van der Waals surface area contributed by atoms with Crippen LogP contribution in [-0.4, -0.2) is 43.1 Å². The van der Waals surface area contributed by atoms with Gasteiger partial charge in [0.15, 0.2) is 10.1 Å². The van der Waals surface area contributed by atoms with Gasteiger partial charge in [0, 0.05) is 11.8 Å². The van der Waals surface area contributed by atoms with E-state index >= 15 is 0 Å². The van der Waals surface area contributed by atoms with Crippen molar-refractivity contribution in [3.63, 3.8) is 0 Å². The molecule has 0 aliphatic rings. The molecular formula is C19H19N3O4S2. The predicted molar refractivity (Wildman–Crippen MR) is 111 cm³/mol. The van der Waals surface area contributed by atoms with E-state index in [-0.39, 0.29) is 11.5 Å². The smallest absolute Gasteiger partial charge is 0.210 e. The minimum atomic E-state index is -0.0711. The van der Waals surface area contributed by atoms with Gasteiger partial charge in [-0.15, -0.1) is 10.2 Å². The highest BCUT2D eigenvalue weighted by molar-refractivity contribution is 8.01. The molecular weight excluding hydrogens is 398 g/mol. The largest absolute Gasteiger partial charge is 0.497 e. The molecule has 0 radical (unpaired) electrons. The molecule has 0 fully saturated rings. The minimum absolute atomic E-state index is 0.0711. The summed E-state index contributed by atoms with van der Waals surface area (Å²) in [4.78, 5) is 12.6. The van der Waals surface area contributed by atoms with Gasteiger partial charge in [0.1, 0.15) is 17.2 Å². The van der Waals surface area contributed by atoms with Crippen molar-refractivity contribution in [3.05, 3.63) is 48.0 Å². The molecule has 1 aromatic heterocycles. The first-order chi connectivity index (χ1) is 13.6. The second kappa shape index (κ2) is 9.43. The Labute approximate surface area is 171 Å². The van der Waals surface area contributed by atoms with Crippen LogP contribution in [0.25, 0.3) is 0 Å². The highest BCUT2D eigenvalue weighted by Crippen LogP contribution is 2.31. The monoisotopic (exact) mass is 417 g/mol. The number of hydrogen-bond donors (Lipinski definition) is 1. The van der Waals surface area contributed by atoms with Crippen molar-refractivity contribution in [2.24, 2.45) is 0 Å². The average molecular weight is 418 g/mol. The van der Waals surface area contributed by atoms with Gasteiger partial charge in [-0.25, -0.2) is 0 Å². The normalized spacial score (nSPS) is 10.4. The number of methoxy groups -OCH3 is 3. The van der Waals surface area contributed by atoms with Gasteiger partial charge in [-0.2, -0.15) is 0 Å². The third kappa shape index (κ3) is 4.93. The van der Waals surface area contributed by atoms with Crippen LogP contribution >= 0.6 is 23.1 Å². The number of carbonyl (C=O) groups is 1. The molecule has 1 N–H and O–H groups in total. The first kappa shape index (κ1) is 20.0. The first-order valence-corrected chi connectivity index (χ1v) is 10.1. The zero-order valence-corrected chi connectivity index (χ0v) is 17.2. The Hall–Kier alpha value is -2.78. The Morgan fingerprint density at radius 1 is 1.04 bits per heavy atom. The third-order valence-corrected chi connectivity index (χ3v) is 5.73. The Kier molecular flexibility index (Phi) is 6.72. The number of rotatable bonds is 9. The highest BCUT2D eigenvalue weighted by Gasteiger charge is 2.15. The van der Waals surface area contributed by atoms with Crippen molar-refractivity contribution in [2.75, 3.05) is 32.4 Å². The van der Waals surface area contributed by atoms with Crippen LogP contribution in [0.3, 0.4) is 0 Å². The van der Waals surface area contributed by atoms with E-state index in [1.54, 1.807) is 32.4 Å². The van der Waals surface area contributed by atoms with Crippen LogP contribution in [0.4, 0.5) is 10.8 Å². The minimum Gasteiger partial charge on any atom is -0.497 e. The molecule has 0 bridgehead atoms. The van der Waals surface area contributed by atoms with E-state index in [2.05, 4.69) is 15.5 Å². The van der Waals surface area contributed by atoms with Gasteiger partial charge in [-0.05, 0) is 30.3 Å². The van der Waals surface area contributed by atoms with E-state index < -0.39 is 0 Å². The lowest BCUT2D eigenvalue weighted by atomic mass is 10.1. The maximum atomic E-state index is 12.6. The number of hydrogen-bond acceptors (Lipinski definition) is 9. The fourth-order valence-corrected chi connectivity index (χ4v) is 4.04. The van der Waals surface area contributed by atoms with Crippen molar-refractivity contribution >= 4 is 39.7 Å². The number of thioether (sulfide) groups is 1. The quantitative estimate of drug-likeness (QED) is 0.408. The zero-order valence-electron chi connectivity index (χ0n) is 15.6. The Morgan fingerprint density at radius 2 is 1.82 bits per heavy atom. The summed E-state index contributed by atoms with van der Waals surface area (Å²) in [5, 5.41) is 12.1. The molecule has 28 heavy (non-hydrogen) atoms. The van der Waals surface area contributed by atoms with Gasteiger partial charge in [0.25, 0.3) is 0 Å². The number of aromatic nitrogens is 2. The second-order valence-corrected chi connectivity index (χ2v) is 7.71. The van der Waals surface area contributed by atoms with Crippen LogP contribution in [0.1, 0.15) is 10.4 Å². The fraction of sp³-hybridized carbons (Fsp3) is 0.211. The van der Waals surface area contributed by atoms with E-state index in [0.29, 0.717) is 26.5 Å². The molecule has 0 aliphatic heterocycles. The second-order valence-electron chi connectivity index (χ2n) is 5.51. The summed E-state index contributed by atoms with van der Waals surface area (Å²) in [6, 6.07) is 12.7. The van der Waals surface area contributed by atoms with E-state index in [4.69, 9.17) is 14.2 Å². The summed E-state index contributed by atoms with van der Waals surface area (Å²) in [7, 11) is 4.71. The lowest BCUT2D eigenvalue weighted by molar-refractivity contribution is 0.101. The topological polar surface area (TPSA) is 82.6 Å². The number of ketones is 1. The maximum Gasteiger partial charge on any atom is 0.210 e. The third-order valence-electron chi connectivity index (χ3n) is 3.76. The van der Waals surface area contributed by atoms with E-state index in [1.807, 2.05) is 24.3 Å². The lowest BCUT2D eigenvalue weighted by Crippen LogP contribution is -2.05. The molecule has 0 saturated heterocycles. The standard InChI is InChI=1S/C19H19N3O4S2/c1-24-13-6-4-5-12(9-13)20-18-21-22-19(28-18)27-11-16(23)15-10-14(25-2)7-8-17(15)26-3/h4-10H,11H2,1-3H3,(H,20,21). The first-order valence-electron chi connectivity index (χ1n) is 8.25. The van der Waals surface area contributed by atoms with Crippen LogP contribution in [0.2, 0.25) is 0 Å². The molecule has 9 heteroatoms. The van der Waals surface area contributed by atoms with E-state index in [1.165, 1.54) is 30.2 Å². The number of benzene rings is 2. The van der Waals surface area contributed by atoms with Crippen molar-refractivity contribution in [1.29, 1.82) is 0 Å². The predicted octanol–water partition coefficient (Wildman–Crippen LogP) is 4.28. The summed E-state index contributed by atoms with van der Waals surface area (Å²) in [6.07, 6.45) is 0. The van der Waals surface area contributed by atoms with Gasteiger partial charge < -0.3 is 19.5 Å². The number of ether oxygens (including phenoxy) is 3. The fourth-order valence-electron chi connectivity index (χ4n) is 2.38. The highest BCUT2D eigenvalue weighted by atomic mass is 32.2. The number of carbonyl (C=O) groups excluding carboxylic acids is 1. The average Bonchev–Trinajstić information content (AvgIpc) is 3.18. The van der Waals surface area contributed by atoms with Crippen LogP contribution in [0.5, 0.6) is 17.2 Å². The van der Waals surface area contributed by atoms with Crippen molar-refractivity contribution in [3.8, 4) is 17.2 Å². The maximum absolute atomic E-state index is 12.6. The SMILES string of the molecule is COc1cccc(Nc2nnc(SCC(=O)c3cc(OC)ccc3OC)s2)c1. The number of nitrogens with zero attached hydrogens (tertiary/aromatic N) is 2. The number of Topliss-reactive ketones (excluding diaryl/α,β-unsaturated/α-hetero) is 1. The molecule has 0 saturated carbocycles. The van der Waals surface area contributed by atoms with E-state index in [9.17, 15) is 4.79 Å². The molecule has 3 aromatic rings. The van der Waals surface area contributed by atoms with Crippen LogP contribution in [0.15, 0.2) is 46.8 Å². The lowest BCUT2D eigenvalue weighted by Gasteiger charge is -2.09. The molecule has 2 aromatic carbocycles. The molecule has 3 rings (SSSR count). The van der Waals surface area contributed by atoms with Gasteiger partial charge in [-0.1, -0.05) is 29.2 Å². The van der Waals surface area contributed by atoms with Crippen LogP contribution in [0, 0.1) is 0 Å². The molecule has 7 nitrogen and oxygen atoms in total. The molecule has 1 heterocycles. The molecule has 146 valence electrons. The van der Waals surface area contributed by atoms with Crippen LogP contribution in [-0.2, 0) is 0 Å². The van der Waals surface area contributed by atoms with E-state index in [0.717, 1.165) is 11.4 Å². The van der Waals surface area contributed by atoms with Crippen molar-refractivity contribution in [1.82, 2.24) is 10.2 Å².